The van der Waals surface area contributed by atoms with Gasteiger partial charge in [-0.2, -0.15) is 0 Å². The predicted octanol–water partition coefficient (Wildman–Crippen LogP) is 3.69. The summed E-state index contributed by atoms with van der Waals surface area (Å²) in [5.74, 6) is 0.505. The Morgan fingerprint density at radius 3 is 2.47 bits per heavy atom. The average molecular weight is 245 g/mol. The van der Waals surface area contributed by atoms with E-state index < -0.39 is 0 Å². The van der Waals surface area contributed by atoms with Gasteiger partial charge in [0.2, 0.25) is 0 Å². The molecular formula is C14H13ClN2. The third-order valence-electron chi connectivity index (χ3n) is 2.47. The van der Waals surface area contributed by atoms with Gasteiger partial charge in [-0.05, 0) is 42.8 Å². The van der Waals surface area contributed by atoms with E-state index in [2.05, 4.69) is 4.99 Å². The van der Waals surface area contributed by atoms with Gasteiger partial charge in [0.25, 0.3) is 0 Å². The monoisotopic (exact) mass is 244 g/mol. The van der Waals surface area contributed by atoms with E-state index in [0.29, 0.717) is 10.9 Å². The maximum absolute atomic E-state index is 5.98. The van der Waals surface area contributed by atoms with E-state index in [-0.39, 0.29) is 0 Å². The third-order valence-corrected chi connectivity index (χ3v) is 2.71. The second-order valence-electron chi connectivity index (χ2n) is 3.79. The molecule has 0 atom stereocenters. The molecule has 0 aliphatic heterocycles. The number of nitrogens with two attached hydrogens (primary N) is 1. The molecule has 17 heavy (non-hydrogen) atoms. The lowest BCUT2D eigenvalue weighted by Gasteiger charge is -2.05. The Labute approximate surface area is 106 Å². The van der Waals surface area contributed by atoms with Gasteiger partial charge in [0.1, 0.15) is 5.84 Å². The Hall–Kier alpha value is -1.80. The van der Waals surface area contributed by atoms with Crippen LogP contribution in [0, 0.1) is 6.92 Å². The number of amidine groups is 1. The summed E-state index contributed by atoms with van der Waals surface area (Å²) in [6, 6.07) is 15.2. The zero-order valence-corrected chi connectivity index (χ0v) is 10.3. The molecule has 0 unspecified atom stereocenters. The number of nitrogens with zero attached hydrogens (tertiary/aromatic N) is 1. The van der Waals surface area contributed by atoms with Crippen LogP contribution >= 0.6 is 11.6 Å². The van der Waals surface area contributed by atoms with Crippen molar-refractivity contribution in [2.24, 2.45) is 10.7 Å². The minimum Gasteiger partial charge on any atom is -0.383 e. The molecule has 0 saturated carbocycles. The fourth-order valence-electron chi connectivity index (χ4n) is 1.62. The smallest absolute Gasteiger partial charge is 0.131 e. The van der Waals surface area contributed by atoms with Crippen LogP contribution in [0.25, 0.3) is 0 Å². The highest BCUT2D eigenvalue weighted by atomic mass is 35.5. The molecule has 0 saturated heterocycles. The SMILES string of the molecule is Cc1cc(Cl)ccc1C(N)=Nc1ccccc1. The molecule has 0 aliphatic carbocycles. The summed E-state index contributed by atoms with van der Waals surface area (Å²) in [5, 5.41) is 0.707. The van der Waals surface area contributed by atoms with Gasteiger partial charge >= 0.3 is 0 Å². The largest absolute Gasteiger partial charge is 0.383 e. The molecule has 2 rings (SSSR count). The molecule has 0 aromatic heterocycles. The predicted molar refractivity (Wildman–Crippen MR) is 73.0 cm³/mol. The summed E-state index contributed by atoms with van der Waals surface area (Å²) in [6.45, 7) is 1.97. The molecule has 3 heteroatoms. The molecule has 2 aromatic carbocycles. The number of halogens is 1. The van der Waals surface area contributed by atoms with Gasteiger partial charge in [-0.3, -0.25) is 0 Å². The molecule has 0 spiro atoms. The first-order valence-electron chi connectivity index (χ1n) is 5.32. The van der Waals surface area contributed by atoms with E-state index in [0.717, 1.165) is 16.8 Å². The average Bonchev–Trinajstić information content (AvgIpc) is 2.30. The Morgan fingerprint density at radius 1 is 1.12 bits per heavy atom. The van der Waals surface area contributed by atoms with Crippen molar-refractivity contribution in [2.45, 2.75) is 6.92 Å². The van der Waals surface area contributed by atoms with Crippen LogP contribution in [0.1, 0.15) is 11.1 Å². The number of hydrogen-bond acceptors (Lipinski definition) is 1. The molecule has 0 aliphatic rings. The van der Waals surface area contributed by atoms with Crippen LogP contribution in [0.15, 0.2) is 53.5 Å². The van der Waals surface area contributed by atoms with E-state index in [1.807, 2.05) is 55.5 Å². The fourth-order valence-corrected chi connectivity index (χ4v) is 1.84. The van der Waals surface area contributed by atoms with Crippen LogP contribution in [-0.2, 0) is 0 Å². The topological polar surface area (TPSA) is 38.4 Å². The summed E-state index contributed by atoms with van der Waals surface area (Å²) in [6.07, 6.45) is 0. The summed E-state index contributed by atoms with van der Waals surface area (Å²) in [4.78, 5) is 4.37. The maximum atomic E-state index is 5.98. The Morgan fingerprint density at radius 2 is 1.82 bits per heavy atom. The molecular weight excluding hydrogens is 232 g/mol. The minimum atomic E-state index is 0.505. The highest BCUT2D eigenvalue weighted by Gasteiger charge is 2.03. The van der Waals surface area contributed by atoms with Gasteiger partial charge in [-0.15, -0.1) is 0 Å². The van der Waals surface area contributed by atoms with E-state index in [4.69, 9.17) is 17.3 Å². The van der Waals surface area contributed by atoms with Gasteiger partial charge in [-0.25, -0.2) is 4.99 Å². The van der Waals surface area contributed by atoms with E-state index in [1.165, 1.54) is 0 Å². The molecule has 0 radical (unpaired) electrons. The highest BCUT2D eigenvalue weighted by molar-refractivity contribution is 6.30. The number of hydrogen-bond donors (Lipinski definition) is 1. The molecule has 0 heterocycles. The minimum absolute atomic E-state index is 0.505. The first-order chi connectivity index (χ1) is 8.16. The van der Waals surface area contributed by atoms with Crippen LogP contribution in [0.2, 0.25) is 5.02 Å². The first-order valence-corrected chi connectivity index (χ1v) is 5.70. The van der Waals surface area contributed by atoms with Crippen LogP contribution in [-0.4, -0.2) is 5.84 Å². The summed E-state index contributed by atoms with van der Waals surface area (Å²) < 4.78 is 0. The Balaban J connectivity index is 2.37. The number of aliphatic imine (C=N–C) groups is 1. The van der Waals surface area contributed by atoms with Gasteiger partial charge in [0, 0.05) is 10.6 Å². The van der Waals surface area contributed by atoms with Crippen molar-refractivity contribution in [1.29, 1.82) is 0 Å². The van der Waals surface area contributed by atoms with E-state index in [9.17, 15) is 0 Å². The van der Waals surface area contributed by atoms with Crippen molar-refractivity contribution in [3.05, 3.63) is 64.7 Å². The lowest BCUT2D eigenvalue weighted by Crippen LogP contribution is -2.14. The highest BCUT2D eigenvalue weighted by Crippen LogP contribution is 2.17. The van der Waals surface area contributed by atoms with Crippen LogP contribution in [0.4, 0.5) is 5.69 Å². The maximum Gasteiger partial charge on any atom is 0.131 e. The third kappa shape index (κ3) is 2.86. The first kappa shape index (κ1) is 11.7. The second kappa shape index (κ2) is 5.02. The normalized spacial score (nSPS) is 11.5. The second-order valence-corrected chi connectivity index (χ2v) is 4.23. The van der Waals surface area contributed by atoms with Crippen molar-refractivity contribution in [3.63, 3.8) is 0 Å². The quantitative estimate of drug-likeness (QED) is 0.635. The van der Waals surface area contributed by atoms with Crippen molar-refractivity contribution in [1.82, 2.24) is 0 Å². The van der Waals surface area contributed by atoms with Gasteiger partial charge in [0.05, 0.1) is 5.69 Å². The lowest BCUT2D eigenvalue weighted by atomic mass is 10.1. The lowest BCUT2D eigenvalue weighted by molar-refractivity contribution is 1.39. The van der Waals surface area contributed by atoms with Crippen molar-refractivity contribution in [3.8, 4) is 0 Å². The number of benzene rings is 2. The molecule has 0 amide bonds. The summed E-state index contributed by atoms with van der Waals surface area (Å²) in [7, 11) is 0. The summed E-state index contributed by atoms with van der Waals surface area (Å²) >= 11 is 5.90. The van der Waals surface area contributed by atoms with Crippen LogP contribution in [0.5, 0.6) is 0 Å². The molecule has 2 aromatic rings. The van der Waals surface area contributed by atoms with Gasteiger partial charge < -0.3 is 5.73 Å². The molecule has 0 bridgehead atoms. The van der Waals surface area contributed by atoms with Crippen LogP contribution < -0.4 is 5.73 Å². The van der Waals surface area contributed by atoms with E-state index >= 15 is 0 Å². The molecule has 2 N–H and O–H groups in total. The molecule has 0 fully saturated rings. The zero-order chi connectivity index (χ0) is 12.3. The Bertz CT molecular complexity index is 547. The molecule has 2 nitrogen and oxygen atoms in total. The van der Waals surface area contributed by atoms with E-state index in [1.54, 1.807) is 0 Å². The van der Waals surface area contributed by atoms with Gasteiger partial charge in [-0.1, -0.05) is 29.8 Å². The number of aryl methyl sites for hydroxylation is 1. The van der Waals surface area contributed by atoms with Crippen molar-refractivity contribution < 1.29 is 0 Å². The zero-order valence-electron chi connectivity index (χ0n) is 9.52. The fraction of sp³-hybridized carbons (Fsp3) is 0.0714. The van der Waals surface area contributed by atoms with Crippen molar-refractivity contribution >= 4 is 23.1 Å². The number of rotatable bonds is 2. The Kier molecular flexibility index (Phi) is 3.45. The van der Waals surface area contributed by atoms with Crippen LogP contribution in [0.3, 0.4) is 0 Å². The summed E-state index contributed by atoms with van der Waals surface area (Å²) in [5.41, 5.74) is 8.77. The standard InChI is InChI=1S/C14H13ClN2/c1-10-9-11(15)7-8-13(10)14(16)17-12-5-3-2-4-6-12/h2-9H,1H3,(H2,16,17). The number of para-hydroxylation sites is 1. The van der Waals surface area contributed by atoms with Gasteiger partial charge in [0.15, 0.2) is 0 Å². The molecule has 86 valence electrons. The van der Waals surface area contributed by atoms with Crippen molar-refractivity contribution in [2.75, 3.05) is 0 Å².